The molecule has 0 saturated carbocycles. The molecular weight excluding hydrogens is 284 g/mol. The Morgan fingerprint density at radius 3 is 2.14 bits per heavy atom. The van der Waals surface area contributed by atoms with Gasteiger partial charge in [-0.15, -0.1) is 0 Å². The van der Waals surface area contributed by atoms with Gasteiger partial charge in [0.1, 0.15) is 17.2 Å². The molecule has 1 aromatic rings. The highest BCUT2D eigenvalue weighted by atomic mass is 16.6. The number of ether oxygens (including phenoxy) is 2. The molecule has 0 unspecified atom stereocenters. The number of rotatable bonds is 5. The number of carbonyl (C=O) groups excluding carboxylic acids is 2. The van der Waals surface area contributed by atoms with E-state index in [1.807, 2.05) is 41.5 Å². The lowest BCUT2D eigenvalue weighted by atomic mass is 10.1. The van der Waals surface area contributed by atoms with E-state index in [0.29, 0.717) is 6.42 Å². The Bertz CT molecular complexity index is 495. The zero-order valence-corrected chi connectivity index (χ0v) is 14.3. The SMILES string of the molecule is CC(C)(C)OC(=O)CC[C@@H](C(=O)OC(C)(C)C)n1ccnc1. The maximum atomic E-state index is 12.3. The van der Waals surface area contributed by atoms with Crippen LogP contribution < -0.4 is 0 Å². The van der Waals surface area contributed by atoms with Crippen LogP contribution in [0.3, 0.4) is 0 Å². The van der Waals surface area contributed by atoms with Crippen LogP contribution in [0.25, 0.3) is 0 Å². The van der Waals surface area contributed by atoms with E-state index >= 15 is 0 Å². The number of esters is 2. The minimum Gasteiger partial charge on any atom is -0.460 e. The Labute approximate surface area is 131 Å². The highest BCUT2D eigenvalue weighted by molar-refractivity contribution is 5.76. The van der Waals surface area contributed by atoms with Gasteiger partial charge in [-0.3, -0.25) is 4.79 Å². The monoisotopic (exact) mass is 310 g/mol. The minimum absolute atomic E-state index is 0.138. The molecule has 0 bridgehead atoms. The molecule has 0 N–H and O–H groups in total. The molecular formula is C16H26N2O4. The number of hydrogen-bond acceptors (Lipinski definition) is 5. The summed E-state index contributed by atoms with van der Waals surface area (Å²) in [5.74, 6) is -0.713. The van der Waals surface area contributed by atoms with E-state index in [9.17, 15) is 9.59 Å². The van der Waals surface area contributed by atoms with Gasteiger partial charge in [0, 0.05) is 18.8 Å². The van der Waals surface area contributed by atoms with Gasteiger partial charge in [0.25, 0.3) is 0 Å². The molecule has 1 aromatic heterocycles. The second-order valence-electron chi connectivity index (χ2n) is 7.18. The molecule has 0 amide bonds. The molecule has 0 fully saturated rings. The first-order chi connectivity index (χ1) is 9.98. The molecule has 0 aliphatic carbocycles. The third-order valence-electron chi connectivity index (χ3n) is 2.61. The van der Waals surface area contributed by atoms with Crippen molar-refractivity contribution in [2.75, 3.05) is 0 Å². The van der Waals surface area contributed by atoms with Crippen LogP contribution in [-0.2, 0) is 19.1 Å². The summed E-state index contributed by atoms with van der Waals surface area (Å²) in [6, 6.07) is -0.589. The molecule has 0 aromatic carbocycles. The normalized spacial score (nSPS) is 13.5. The van der Waals surface area contributed by atoms with E-state index in [2.05, 4.69) is 4.98 Å². The zero-order valence-electron chi connectivity index (χ0n) is 14.3. The molecule has 22 heavy (non-hydrogen) atoms. The van der Waals surface area contributed by atoms with Crippen molar-refractivity contribution < 1.29 is 19.1 Å². The largest absolute Gasteiger partial charge is 0.460 e. The van der Waals surface area contributed by atoms with Crippen LogP contribution in [0.2, 0.25) is 0 Å². The lowest BCUT2D eigenvalue weighted by Crippen LogP contribution is -2.31. The van der Waals surface area contributed by atoms with Gasteiger partial charge in [-0.2, -0.15) is 0 Å². The zero-order chi connectivity index (χ0) is 17.0. The molecule has 1 rings (SSSR count). The van der Waals surface area contributed by atoms with E-state index in [1.165, 1.54) is 0 Å². The fraction of sp³-hybridized carbons (Fsp3) is 0.688. The van der Waals surface area contributed by atoms with Crippen molar-refractivity contribution in [1.82, 2.24) is 9.55 Å². The first kappa shape index (κ1) is 18.2. The molecule has 0 aliphatic rings. The van der Waals surface area contributed by atoms with Crippen molar-refractivity contribution >= 4 is 11.9 Å². The Hall–Kier alpha value is -1.85. The summed E-state index contributed by atoms with van der Waals surface area (Å²) in [5, 5.41) is 0. The average Bonchev–Trinajstić information content (AvgIpc) is 2.77. The van der Waals surface area contributed by atoms with Gasteiger partial charge in [-0.05, 0) is 48.0 Å². The van der Waals surface area contributed by atoms with Gasteiger partial charge in [0.05, 0.1) is 6.33 Å². The lowest BCUT2D eigenvalue weighted by Gasteiger charge is -2.25. The molecule has 1 atom stereocenters. The average molecular weight is 310 g/mol. The molecule has 0 saturated heterocycles. The van der Waals surface area contributed by atoms with Gasteiger partial charge in [0.15, 0.2) is 0 Å². The van der Waals surface area contributed by atoms with Crippen molar-refractivity contribution in [2.24, 2.45) is 0 Å². The summed E-state index contributed by atoms with van der Waals surface area (Å²) < 4.78 is 12.3. The maximum absolute atomic E-state index is 12.3. The first-order valence-corrected chi connectivity index (χ1v) is 7.40. The highest BCUT2D eigenvalue weighted by Crippen LogP contribution is 2.21. The van der Waals surface area contributed by atoms with Crippen LogP contribution in [0.15, 0.2) is 18.7 Å². The van der Waals surface area contributed by atoms with Crippen molar-refractivity contribution in [3.05, 3.63) is 18.7 Å². The molecule has 1 heterocycles. The summed E-state index contributed by atoms with van der Waals surface area (Å²) in [4.78, 5) is 28.1. The van der Waals surface area contributed by atoms with E-state index in [-0.39, 0.29) is 18.4 Å². The molecule has 124 valence electrons. The quantitative estimate of drug-likeness (QED) is 0.782. The number of nitrogens with zero attached hydrogens (tertiary/aromatic N) is 2. The fourth-order valence-electron chi connectivity index (χ4n) is 1.86. The highest BCUT2D eigenvalue weighted by Gasteiger charge is 2.27. The van der Waals surface area contributed by atoms with Crippen LogP contribution in [0.1, 0.15) is 60.4 Å². The Morgan fingerprint density at radius 1 is 1.09 bits per heavy atom. The second-order valence-corrected chi connectivity index (χ2v) is 7.18. The first-order valence-electron chi connectivity index (χ1n) is 7.40. The number of imidazole rings is 1. The van der Waals surface area contributed by atoms with Crippen molar-refractivity contribution in [2.45, 2.75) is 71.6 Å². The Morgan fingerprint density at radius 2 is 1.68 bits per heavy atom. The van der Waals surface area contributed by atoms with E-state index in [4.69, 9.17) is 9.47 Å². The number of carbonyl (C=O) groups is 2. The fourth-order valence-corrected chi connectivity index (χ4v) is 1.86. The number of hydrogen-bond donors (Lipinski definition) is 0. The van der Waals surface area contributed by atoms with E-state index < -0.39 is 17.2 Å². The van der Waals surface area contributed by atoms with Crippen LogP contribution in [0.5, 0.6) is 0 Å². The third-order valence-corrected chi connectivity index (χ3v) is 2.61. The van der Waals surface area contributed by atoms with Gasteiger partial charge < -0.3 is 14.0 Å². The standard InChI is InChI=1S/C16H26N2O4/c1-15(2,3)21-13(19)8-7-12(18-10-9-17-11-18)14(20)22-16(4,5)6/h9-12H,7-8H2,1-6H3/t12-/m0/s1. The summed E-state index contributed by atoms with van der Waals surface area (Å²) in [6.45, 7) is 10.9. The van der Waals surface area contributed by atoms with Crippen molar-refractivity contribution in [3.63, 3.8) is 0 Å². The Balaban J connectivity index is 2.72. The van der Waals surface area contributed by atoms with Crippen molar-refractivity contribution in [1.29, 1.82) is 0 Å². The van der Waals surface area contributed by atoms with Gasteiger partial charge in [-0.1, -0.05) is 0 Å². The number of aromatic nitrogens is 2. The topological polar surface area (TPSA) is 70.4 Å². The van der Waals surface area contributed by atoms with Crippen LogP contribution in [-0.4, -0.2) is 32.7 Å². The van der Waals surface area contributed by atoms with Gasteiger partial charge in [-0.25, -0.2) is 9.78 Å². The molecule has 0 spiro atoms. The smallest absolute Gasteiger partial charge is 0.329 e. The molecule has 0 radical (unpaired) electrons. The summed E-state index contributed by atoms with van der Waals surface area (Å²) in [5.41, 5.74) is -1.12. The molecule has 6 nitrogen and oxygen atoms in total. The second kappa shape index (κ2) is 6.94. The maximum Gasteiger partial charge on any atom is 0.329 e. The summed E-state index contributed by atoms with van der Waals surface area (Å²) in [6.07, 6.45) is 5.26. The molecule has 0 aliphatic heterocycles. The third kappa shape index (κ3) is 6.74. The lowest BCUT2D eigenvalue weighted by molar-refractivity contribution is -0.160. The van der Waals surface area contributed by atoms with Gasteiger partial charge >= 0.3 is 11.9 Å². The molecule has 6 heteroatoms. The van der Waals surface area contributed by atoms with Gasteiger partial charge in [0.2, 0.25) is 0 Å². The van der Waals surface area contributed by atoms with E-state index in [1.54, 1.807) is 23.3 Å². The summed E-state index contributed by atoms with van der Waals surface area (Å²) in [7, 11) is 0. The Kier molecular flexibility index (Phi) is 5.74. The van der Waals surface area contributed by atoms with Crippen LogP contribution >= 0.6 is 0 Å². The summed E-state index contributed by atoms with van der Waals surface area (Å²) >= 11 is 0. The van der Waals surface area contributed by atoms with Crippen LogP contribution in [0.4, 0.5) is 0 Å². The van der Waals surface area contributed by atoms with Crippen molar-refractivity contribution in [3.8, 4) is 0 Å². The van der Waals surface area contributed by atoms with E-state index in [0.717, 1.165) is 0 Å². The predicted octanol–water partition coefficient (Wildman–Crippen LogP) is 2.89. The van der Waals surface area contributed by atoms with Crippen LogP contribution in [0, 0.1) is 0 Å². The minimum atomic E-state index is -0.589. The predicted molar refractivity (Wildman–Crippen MR) is 82.2 cm³/mol.